The Balaban J connectivity index is 1.06. The molecule has 0 saturated carbocycles. The van der Waals surface area contributed by atoms with E-state index < -0.39 is 5.41 Å². The summed E-state index contributed by atoms with van der Waals surface area (Å²) in [6.45, 7) is 4.65. The van der Waals surface area contributed by atoms with Crippen LogP contribution < -0.4 is 0 Å². The molecule has 0 fully saturated rings. The van der Waals surface area contributed by atoms with Crippen LogP contribution >= 0.6 is 11.8 Å². The van der Waals surface area contributed by atoms with E-state index in [2.05, 4.69) is 182 Å². The van der Waals surface area contributed by atoms with Crippen molar-refractivity contribution >= 4 is 55.6 Å². The summed E-state index contributed by atoms with van der Waals surface area (Å²) in [6.07, 6.45) is 0. The summed E-state index contributed by atoms with van der Waals surface area (Å²) < 4.78 is 8.98. The molecular formula is C56H35N3OS. The zero-order chi connectivity index (χ0) is 40.2. The highest BCUT2D eigenvalue weighted by Crippen LogP contribution is 2.63. The van der Waals surface area contributed by atoms with Crippen molar-refractivity contribution < 1.29 is 4.42 Å². The summed E-state index contributed by atoms with van der Waals surface area (Å²) in [4.78, 5) is 13.5. The number of hydrogen-bond acceptors (Lipinski definition) is 4. The second-order valence-corrected chi connectivity index (χ2v) is 18.3. The minimum absolute atomic E-state index is 0.162. The van der Waals surface area contributed by atoms with Gasteiger partial charge < -0.3 is 4.42 Å². The third-order valence-electron chi connectivity index (χ3n) is 13.9. The van der Waals surface area contributed by atoms with E-state index in [0.29, 0.717) is 11.5 Å². The fraction of sp³-hybridized carbons (Fsp3) is 0.0714. The topological polar surface area (TPSA) is 43.9 Å². The highest BCUT2D eigenvalue weighted by atomic mass is 32.2. The third-order valence-corrected chi connectivity index (χ3v) is 15.0. The first-order chi connectivity index (χ1) is 30.0. The van der Waals surface area contributed by atoms with Crippen molar-refractivity contribution in [3.05, 3.63) is 209 Å². The van der Waals surface area contributed by atoms with Crippen molar-refractivity contribution in [2.24, 2.45) is 0 Å². The summed E-state index contributed by atoms with van der Waals surface area (Å²) >= 11 is 1.86. The monoisotopic (exact) mass is 797 g/mol. The first-order valence-electron chi connectivity index (χ1n) is 21.0. The highest BCUT2D eigenvalue weighted by Gasteiger charge is 2.50. The zero-order valence-corrected chi connectivity index (χ0v) is 34.2. The minimum atomic E-state index is -0.471. The Morgan fingerprint density at radius 3 is 1.89 bits per heavy atom. The number of furan rings is 1. The number of aromatic nitrogens is 3. The van der Waals surface area contributed by atoms with Gasteiger partial charge in [0.2, 0.25) is 5.95 Å². The first-order valence-corrected chi connectivity index (χ1v) is 21.8. The van der Waals surface area contributed by atoms with E-state index in [-0.39, 0.29) is 5.41 Å². The van der Waals surface area contributed by atoms with Crippen molar-refractivity contribution in [3.8, 4) is 39.5 Å². The lowest BCUT2D eigenvalue weighted by Crippen LogP contribution is -2.32. The molecule has 2 aliphatic carbocycles. The van der Waals surface area contributed by atoms with Crippen molar-refractivity contribution in [1.29, 1.82) is 0 Å². The van der Waals surface area contributed by atoms with Crippen LogP contribution in [0.4, 0.5) is 0 Å². The number of hydrogen-bond donors (Lipinski definition) is 0. The average molecular weight is 798 g/mol. The van der Waals surface area contributed by atoms with Gasteiger partial charge in [0.1, 0.15) is 16.8 Å². The summed E-state index contributed by atoms with van der Waals surface area (Å²) in [5.41, 5.74) is 18.7. The van der Waals surface area contributed by atoms with Crippen LogP contribution in [-0.2, 0) is 10.8 Å². The molecule has 0 unspecified atom stereocenters. The molecule has 3 aliphatic rings. The number of benzene rings is 8. The maximum atomic E-state index is 6.70. The Morgan fingerprint density at radius 1 is 0.475 bits per heavy atom. The maximum Gasteiger partial charge on any atom is 0.236 e. The molecule has 0 bridgehead atoms. The smallest absolute Gasteiger partial charge is 0.236 e. The van der Waals surface area contributed by atoms with E-state index in [1.54, 1.807) is 0 Å². The van der Waals surface area contributed by atoms with Gasteiger partial charge in [-0.25, -0.2) is 9.97 Å². The molecule has 0 N–H and O–H groups in total. The summed E-state index contributed by atoms with van der Waals surface area (Å²) in [5, 5.41) is 3.32. The van der Waals surface area contributed by atoms with E-state index in [0.717, 1.165) is 38.8 Å². The van der Waals surface area contributed by atoms with Crippen LogP contribution in [0.15, 0.2) is 190 Å². The van der Waals surface area contributed by atoms with E-state index in [9.17, 15) is 0 Å². The molecule has 11 aromatic rings. The van der Waals surface area contributed by atoms with Crippen LogP contribution in [0, 0.1) is 0 Å². The fourth-order valence-electron chi connectivity index (χ4n) is 11.3. The van der Waals surface area contributed by atoms with Gasteiger partial charge in [-0.15, -0.1) is 0 Å². The van der Waals surface area contributed by atoms with Crippen LogP contribution in [0.2, 0.25) is 0 Å². The Bertz CT molecular complexity index is 3690. The highest BCUT2D eigenvalue weighted by molar-refractivity contribution is 7.99. The molecule has 14 rings (SSSR count). The number of nitrogens with zero attached hydrogens (tertiary/aromatic N) is 3. The fourth-order valence-corrected chi connectivity index (χ4v) is 12.5. The molecule has 0 saturated heterocycles. The Kier molecular flexibility index (Phi) is 6.47. The first kappa shape index (κ1) is 33.6. The lowest BCUT2D eigenvalue weighted by molar-refractivity contribution is 0.659. The predicted octanol–water partition coefficient (Wildman–Crippen LogP) is 14.3. The van der Waals surface area contributed by atoms with Crippen molar-refractivity contribution in [2.45, 2.75) is 34.5 Å². The Hall–Kier alpha value is -7.21. The number of para-hydroxylation sites is 2. The third kappa shape index (κ3) is 4.21. The molecular weight excluding hydrogens is 763 g/mol. The van der Waals surface area contributed by atoms with Gasteiger partial charge in [-0.1, -0.05) is 159 Å². The van der Waals surface area contributed by atoms with Gasteiger partial charge in [0.05, 0.1) is 16.4 Å². The molecule has 4 heterocycles. The van der Waals surface area contributed by atoms with Crippen LogP contribution in [0.5, 0.6) is 0 Å². The van der Waals surface area contributed by atoms with Crippen LogP contribution in [-0.4, -0.2) is 14.5 Å². The minimum Gasteiger partial charge on any atom is -0.452 e. The summed E-state index contributed by atoms with van der Waals surface area (Å²) in [5.74, 6) is 0.621. The molecule has 1 spiro atoms. The van der Waals surface area contributed by atoms with E-state index in [1.165, 1.54) is 76.2 Å². The van der Waals surface area contributed by atoms with Crippen molar-refractivity contribution in [3.63, 3.8) is 0 Å². The molecule has 0 amide bonds. The van der Waals surface area contributed by atoms with Gasteiger partial charge >= 0.3 is 0 Å². The zero-order valence-electron chi connectivity index (χ0n) is 33.4. The average Bonchev–Trinajstić information content (AvgIpc) is 4.00. The van der Waals surface area contributed by atoms with Gasteiger partial charge in [-0.05, 0) is 98.1 Å². The quantitative estimate of drug-likeness (QED) is 0.175. The van der Waals surface area contributed by atoms with Crippen molar-refractivity contribution in [1.82, 2.24) is 14.5 Å². The second kappa shape index (κ2) is 11.7. The Morgan fingerprint density at radius 2 is 1.10 bits per heavy atom. The van der Waals surface area contributed by atoms with Gasteiger partial charge in [-0.2, -0.15) is 0 Å². The largest absolute Gasteiger partial charge is 0.452 e. The second-order valence-electron chi connectivity index (χ2n) is 17.2. The molecule has 1 aliphatic heterocycles. The molecule has 0 radical (unpaired) electrons. The van der Waals surface area contributed by atoms with E-state index in [4.69, 9.17) is 14.4 Å². The number of fused-ring (bicyclic) bond motifs is 18. The van der Waals surface area contributed by atoms with Gasteiger partial charge in [-0.3, -0.25) is 4.57 Å². The van der Waals surface area contributed by atoms with Crippen LogP contribution in [0.3, 0.4) is 0 Å². The van der Waals surface area contributed by atoms with Crippen LogP contribution in [0.1, 0.15) is 47.2 Å². The van der Waals surface area contributed by atoms with E-state index in [1.807, 2.05) is 23.9 Å². The molecule has 3 aromatic heterocycles. The van der Waals surface area contributed by atoms with Crippen LogP contribution in [0.25, 0.3) is 83.3 Å². The summed E-state index contributed by atoms with van der Waals surface area (Å²) in [7, 11) is 0. The van der Waals surface area contributed by atoms with Gasteiger partial charge in [0.15, 0.2) is 5.58 Å². The molecule has 4 nitrogen and oxygen atoms in total. The predicted molar refractivity (Wildman–Crippen MR) is 248 cm³/mol. The number of rotatable bonds is 2. The SMILES string of the molecule is CC1(C)c2ccccc2-c2ccc(-c3nc(-n4c5ccccc5c5cc6c(cc54)Sc4ccccc4C64c5ccccc5-c5ccccc54)nc4c3oc3ccccc34)cc21. The lowest BCUT2D eigenvalue weighted by atomic mass is 9.67. The molecule has 286 valence electrons. The van der Waals surface area contributed by atoms with E-state index >= 15 is 0 Å². The Labute approximate surface area is 356 Å². The van der Waals surface area contributed by atoms with Crippen molar-refractivity contribution in [2.75, 3.05) is 0 Å². The van der Waals surface area contributed by atoms with Gasteiger partial charge in [0, 0.05) is 36.9 Å². The molecule has 8 aromatic carbocycles. The summed E-state index contributed by atoms with van der Waals surface area (Å²) in [6, 6.07) is 64.5. The lowest BCUT2D eigenvalue weighted by Gasteiger charge is -2.39. The normalized spacial score (nSPS) is 14.9. The molecule has 5 heteroatoms. The van der Waals surface area contributed by atoms with Gasteiger partial charge in [0.25, 0.3) is 0 Å². The standard InChI is InChI=1S/C56H35N3OS/c1-55(2)40-20-8-3-15-33(40)36-28-27-32(29-44(36)55)51-53-52(38-19-7-13-25-48(38)60-53)58-54(57-51)59-46-24-12-6-18-37(46)39-30-45-50(31-47(39)59)61-49-26-14-11-23-43(49)56(45)41-21-9-4-16-34(41)35-17-5-10-22-42(35)56/h3-31H,1-2H3. The molecule has 61 heavy (non-hydrogen) atoms. The maximum absolute atomic E-state index is 6.70. The molecule has 0 atom stereocenters.